The van der Waals surface area contributed by atoms with Gasteiger partial charge in [-0.2, -0.15) is 0 Å². The Morgan fingerprint density at radius 2 is 1.40 bits per heavy atom. The average molecular weight is 534 g/mol. The summed E-state index contributed by atoms with van der Waals surface area (Å²) in [5.74, 6) is 0.955. The molecule has 2 aliphatic heterocycles. The van der Waals surface area contributed by atoms with E-state index in [0.29, 0.717) is 13.2 Å². The van der Waals surface area contributed by atoms with Crippen molar-refractivity contribution < 1.29 is 9.26 Å². The Hall–Kier alpha value is -3.65. The minimum Gasteiger partial charge on any atom is -0.377 e. The van der Waals surface area contributed by atoms with Gasteiger partial charge in [0.2, 0.25) is 0 Å². The van der Waals surface area contributed by atoms with Gasteiger partial charge in [-0.3, -0.25) is 19.8 Å². The van der Waals surface area contributed by atoms with Crippen molar-refractivity contribution in [3.63, 3.8) is 0 Å². The lowest BCUT2D eigenvalue weighted by Crippen LogP contribution is -2.63. The van der Waals surface area contributed by atoms with Crippen LogP contribution < -0.4 is 0 Å². The van der Waals surface area contributed by atoms with Crippen molar-refractivity contribution in [3.05, 3.63) is 102 Å². The molecule has 2 saturated heterocycles. The molecule has 0 unspecified atom stereocenters. The molecule has 0 radical (unpaired) electrons. The lowest BCUT2D eigenvalue weighted by molar-refractivity contribution is -0.148. The first-order valence-corrected chi connectivity index (χ1v) is 14.4. The van der Waals surface area contributed by atoms with Crippen LogP contribution in [-0.4, -0.2) is 56.8 Å². The van der Waals surface area contributed by atoms with Crippen molar-refractivity contribution in [2.45, 2.75) is 50.9 Å². The first-order valence-electron chi connectivity index (χ1n) is 14.4. The number of likely N-dealkylation sites (tertiary alicyclic amines) is 1. The third kappa shape index (κ3) is 5.37. The fourth-order valence-electron chi connectivity index (χ4n) is 6.16. The van der Waals surface area contributed by atoms with Gasteiger partial charge in [0, 0.05) is 48.7 Å². The van der Waals surface area contributed by atoms with Gasteiger partial charge in [0.05, 0.1) is 42.0 Å². The smallest absolute Gasteiger partial charge is 0.150 e. The number of fused-ring (bicyclic) bond motifs is 2. The van der Waals surface area contributed by atoms with Crippen molar-refractivity contribution in [2.24, 2.45) is 0 Å². The summed E-state index contributed by atoms with van der Waals surface area (Å²) in [4.78, 5) is 14.5. The second-order valence-electron chi connectivity index (χ2n) is 11.4. The lowest BCUT2D eigenvalue weighted by Gasteiger charge is -2.49. The van der Waals surface area contributed by atoms with Gasteiger partial charge in [0.1, 0.15) is 0 Å². The summed E-state index contributed by atoms with van der Waals surface area (Å²) >= 11 is 0. The van der Waals surface area contributed by atoms with E-state index >= 15 is 0 Å². The highest BCUT2D eigenvalue weighted by Gasteiger charge is 2.45. The zero-order chi connectivity index (χ0) is 26.8. The van der Waals surface area contributed by atoms with Gasteiger partial charge in [-0.25, -0.2) is 0 Å². The lowest BCUT2D eigenvalue weighted by atomic mass is 9.88. The van der Waals surface area contributed by atoms with Crippen LogP contribution in [0.4, 0.5) is 0 Å². The van der Waals surface area contributed by atoms with Gasteiger partial charge in [-0.15, -0.1) is 0 Å². The number of piperidine rings is 1. The number of hydrogen-bond donors (Lipinski definition) is 0. The molecule has 2 aliphatic rings. The summed E-state index contributed by atoms with van der Waals surface area (Å²) in [6.45, 7) is 5.94. The molecule has 7 nitrogen and oxygen atoms in total. The van der Waals surface area contributed by atoms with Crippen molar-refractivity contribution in [3.8, 4) is 0 Å². The molecular weight excluding hydrogens is 498 g/mol. The number of nitrogens with zero attached hydrogens (tertiary/aromatic N) is 5. The molecule has 2 fully saturated rings. The molecule has 5 heterocycles. The number of para-hydroxylation sites is 2. The highest BCUT2D eigenvalue weighted by molar-refractivity contribution is 5.79. The van der Waals surface area contributed by atoms with Crippen LogP contribution in [0.1, 0.15) is 41.8 Å². The van der Waals surface area contributed by atoms with E-state index in [9.17, 15) is 0 Å². The minimum absolute atomic E-state index is 0.184. The van der Waals surface area contributed by atoms with Crippen molar-refractivity contribution in [1.29, 1.82) is 0 Å². The number of pyridine rings is 2. The second-order valence-corrected chi connectivity index (χ2v) is 11.4. The molecule has 2 aromatic carbocycles. The Kier molecular flexibility index (Phi) is 7.02. The fourth-order valence-corrected chi connectivity index (χ4v) is 6.16. The van der Waals surface area contributed by atoms with Crippen molar-refractivity contribution in [2.75, 3.05) is 26.3 Å². The van der Waals surface area contributed by atoms with Gasteiger partial charge >= 0.3 is 0 Å². The Morgan fingerprint density at radius 1 is 0.775 bits per heavy atom. The molecule has 204 valence electrons. The number of hydrogen-bond acceptors (Lipinski definition) is 7. The maximum absolute atomic E-state index is 5.90. The van der Waals surface area contributed by atoms with Gasteiger partial charge < -0.3 is 9.26 Å². The van der Waals surface area contributed by atoms with Crippen LogP contribution in [0, 0.1) is 0 Å². The molecule has 5 aromatic rings. The molecule has 7 rings (SSSR count). The van der Waals surface area contributed by atoms with E-state index in [-0.39, 0.29) is 5.54 Å². The summed E-state index contributed by atoms with van der Waals surface area (Å²) < 4.78 is 11.7. The topological polar surface area (TPSA) is 67.5 Å². The van der Waals surface area contributed by atoms with Crippen LogP contribution in [0.3, 0.4) is 0 Å². The van der Waals surface area contributed by atoms with Gasteiger partial charge in [0.25, 0.3) is 0 Å². The molecule has 0 N–H and O–H groups in total. The van der Waals surface area contributed by atoms with E-state index in [4.69, 9.17) is 19.2 Å². The average Bonchev–Trinajstić information content (AvgIpc) is 3.41. The maximum atomic E-state index is 5.90. The third-order valence-electron chi connectivity index (χ3n) is 8.40. The molecule has 0 saturated carbocycles. The molecule has 0 atom stereocenters. The largest absolute Gasteiger partial charge is 0.377 e. The summed E-state index contributed by atoms with van der Waals surface area (Å²) in [5.41, 5.74) is 5.21. The Bertz CT molecular complexity index is 1520. The molecule has 0 bridgehead atoms. The summed E-state index contributed by atoms with van der Waals surface area (Å²) in [7, 11) is 0. The maximum Gasteiger partial charge on any atom is 0.150 e. The molecule has 7 heteroatoms. The van der Waals surface area contributed by atoms with Crippen LogP contribution in [-0.2, 0) is 30.8 Å². The number of rotatable bonds is 9. The van der Waals surface area contributed by atoms with Gasteiger partial charge in [-0.1, -0.05) is 48.0 Å². The van der Waals surface area contributed by atoms with Gasteiger partial charge in [-0.05, 0) is 61.3 Å². The SMILES string of the molecule is c1ccc2ncc(CN(Cc3cnc4ccccc4c3)C3(Cc4cc(CN5CCCCC5)on4)COC3)cc2c1. The third-order valence-corrected chi connectivity index (χ3v) is 8.40. The normalized spacial score (nSPS) is 17.4. The zero-order valence-corrected chi connectivity index (χ0v) is 22.8. The van der Waals surface area contributed by atoms with Gasteiger partial charge in [0.15, 0.2) is 5.76 Å². The number of aromatic nitrogens is 3. The van der Waals surface area contributed by atoms with E-state index in [1.165, 1.54) is 30.4 Å². The minimum atomic E-state index is -0.184. The molecule has 0 spiro atoms. The van der Waals surface area contributed by atoms with E-state index in [1.807, 2.05) is 24.5 Å². The molecule has 40 heavy (non-hydrogen) atoms. The van der Waals surface area contributed by atoms with Crippen molar-refractivity contribution in [1.82, 2.24) is 24.9 Å². The predicted octanol–water partition coefficient (Wildman–Crippen LogP) is 5.77. The summed E-state index contributed by atoms with van der Waals surface area (Å²) in [6.07, 6.45) is 8.66. The van der Waals surface area contributed by atoms with E-state index < -0.39 is 0 Å². The number of benzene rings is 2. The molecule has 3 aromatic heterocycles. The quantitative estimate of drug-likeness (QED) is 0.238. The molecular formula is C33H35N5O2. The van der Waals surface area contributed by atoms with Crippen LogP contribution in [0.25, 0.3) is 21.8 Å². The fraction of sp³-hybridized carbons (Fsp3) is 0.364. The van der Waals surface area contributed by atoms with Crippen LogP contribution in [0.2, 0.25) is 0 Å². The first kappa shape index (κ1) is 25.3. The first-order chi connectivity index (χ1) is 19.7. The Morgan fingerprint density at radius 3 is 2.00 bits per heavy atom. The van der Waals surface area contributed by atoms with E-state index in [0.717, 1.165) is 72.4 Å². The predicted molar refractivity (Wildman–Crippen MR) is 156 cm³/mol. The second kappa shape index (κ2) is 11.1. The number of ether oxygens (including phenoxy) is 1. The van der Waals surface area contributed by atoms with Crippen molar-refractivity contribution >= 4 is 21.8 Å². The molecule has 0 aliphatic carbocycles. The Balaban J connectivity index is 1.17. The van der Waals surface area contributed by atoms with Crippen LogP contribution >= 0.6 is 0 Å². The summed E-state index contributed by atoms with van der Waals surface area (Å²) in [5, 5.41) is 6.83. The van der Waals surface area contributed by atoms with Crippen LogP contribution in [0.15, 0.2) is 83.6 Å². The monoisotopic (exact) mass is 533 g/mol. The summed E-state index contributed by atoms with van der Waals surface area (Å²) in [6, 6.07) is 23.3. The highest BCUT2D eigenvalue weighted by Crippen LogP contribution is 2.33. The van der Waals surface area contributed by atoms with Crippen LogP contribution in [0.5, 0.6) is 0 Å². The standard InChI is InChI=1S/C33H35N5O2/c1-6-12-37(13-7-1)22-30-16-29(36-40-30)17-33(23-39-24-33)38(20-25-14-27-8-2-4-10-31(27)34-18-25)21-26-15-28-9-3-5-11-32(28)35-19-26/h2-5,8-11,14-16,18-19H,1,6-7,12-13,17,20-24H2. The van der Waals surface area contributed by atoms with E-state index in [2.05, 4.69) is 69.6 Å². The molecule has 0 amide bonds. The zero-order valence-electron chi connectivity index (χ0n) is 22.8. The highest BCUT2D eigenvalue weighted by atomic mass is 16.5. The Labute approximate surface area is 234 Å². The van der Waals surface area contributed by atoms with E-state index in [1.54, 1.807) is 0 Å².